The third-order valence-corrected chi connectivity index (χ3v) is 7.81. The van der Waals surface area contributed by atoms with Gasteiger partial charge in [-0.05, 0) is 36.8 Å². The first-order valence-electron chi connectivity index (χ1n) is 12.2. The SMILES string of the molecule is CS(=O)(=O)CC(=O)Nc1c2c(nn1CCC1CC1)C[C@]1(CCc3cc(OCC(F)(F)F)cc(F)c31)NC2=O. The molecule has 1 aromatic heterocycles. The van der Waals surface area contributed by atoms with Crippen molar-refractivity contribution in [3.05, 3.63) is 40.3 Å². The number of halogens is 4. The maximum Gasteiger partial charge on any atom is 0.422 e. The molecule has 3 aliphatic rings. The van der Waals surface area contributed by atoms with E-state index in [-0.39, 0.29) is 35.5 Å². The third-order valence-electron chi connectivity index (χ3n) is 7.02. The highest BCUT2D eigenvalue weighted by atomic mass is 32.2. The minimum Gasteiger partial charge on any atom is -0.484 e. The summed E-state index contributed by atoms with van der Waals surface area (Å²) < 4.78 is 82.3. The minimum atomic E-state index is -4.57. The Morgan fingerprint density at radius 3 is 2.71 bits per heavy atom. The molecule has 2 amide bonds. The lowest BCUT2D eigenvalue weighted by atomic mass is 9.82. The lowest BCUT2D eigenvalue weighted by Crippen LogP contribution is -2.50. The van der Waals surface area contributed by atoms with Gasteiger partial charge < -0.3 is 15.4 Å². The van der Waals surface area contributed by atoms with E-state index in [2.05, 4.69) is 15.7 Å². The van der Waals surface area contributed by atoms with Crippen molar-refractivity contribution >= 4 is 27.5 Å². The molecular weight excluding hydrogens is 532 g/mol. The number of sulfone groups is 1. The number of fused-ring (bicyclic) bond motifs is 3. The molecule has 5 rings (SSSR count). The van der Waals surface area contributed by atoms with E-state index in [1.807, 2.05) is 0 Å². The fourth-order valence-electron chi connectivity index (χ4n) is 5.28. The normalized spacial score (nSPS) is 20.7. The lowest BCUT2D eigenvalue weighted by molar-refractivity contribution is -0.153. The largest absolute Gasteiger partial charge is 0.484 e. The fraction of sp³-hybridized carbons (Fsp3) is 0.542. The summed E-state index contributed by atoms with van der Waals surface area (Å²) in [5.74, 6) is -2.62. The molecule has 2 N–H and O–H groups in total. The maximum absolute atomic E-state index is 15.3. The van der Waals surface area contributed by atoms with E-state index in [4.69, 9.17) is 4.74 Å². The summed E-state index contributed by atoms with van der Waals surface area (Å²) >= 11 is 0. The van der Waals surface area contributed by atoms with Crippen LogP contribution in [0.2, 0.25) is 0 Å². The maximum atomic E-state index is 15.3. The van der Waals surface area contributed by atoms with Gasteiger partial charge in [-0.2, -0.15) is 18.3 Å². The zero-order valence-electron chi connectivity index (χ0n) is 20.5. The second-order valence-electron chi connectivity index (χ2n) is 10.3. The number of carbonyl (C=O) groups is 2. The summed E-state index contributed by atoms with van der Waals surface area (Å²) in [6.45, 7) is -1.15. The van der Waals surface area contributed by atoms with Crippen molar-refractivity contribution in [2.24, 2.45) is 5.92 Å². The zero-order chi connectivity index (χ0) is 27.5. The Bertz CT molecular complexity index is 1420. The Morgan fingerprint density at radius 1 is 1.32 bits per heavy atom. The molecule has 0 bridgehead atoms. The highest BCUT2D eigenvalue weighted by molar-refractivity contribution is 7.91. The van der Waals surface area contributed by atoms with Crippen LogP contribution in [0.5, 0.6) is 5.75 Å². The number of aryl methyl sites for hydroxylation is 2. The molecular formula is C24H26F4N4O5S. The van der Waals surface area contributed by atoms with Gasteiger partial charge >= 0.3 is 6.18 Å². The van der Waals surface area contributed by atoms with Gasteiger partial charge in [0, 0.05) is 30.9 Å². The van der Waals surface area contributed by atoms with Crippen molar-refractivity contribution in [2.45, 2.75) is 56.8 Å². The monoisotopic (exact) mass is 558 g/mol. The highest BCUT2D eigenvalue weighted by Gasteiger charge is 2.48. The van der Waals surface area contributed by atoms with Crippen molar-refractivity contribution in [3.63, 3.8) is 0 Å². The van der Waals surface area contributed by atoms with Crippen LogP contribution in [0.1, 0.15) is 52.9 Å². The summed E-state index contributed by atoms with van der Waals surface area (Å²) in [7, 11) is -3.62. The van der Waals surface area contributed by atoms with Gasteiger partial charge in [0.1, 0.15) is 28.7 Å². The minimum absolute atomic E-state index is 0.0894. The predicted octanol–water partition coefficient (Wildman–Crippen LogP) is 2.87. The summed E-state index contributed by atoms with van der Waals surface area (Å²) in [4.78, 5) is 25.8. The Morgan fingerprint density at radius 2 is 2.05 bits per heavy atom. The van der Waals surface area contributed by atoms with Crippen LogP contribution in [0.15, 0.2) is 12.1 Å². The molecule has 2 heterocycles. The second kappa shape index (κ2) is 9.24. The quantitative estimate of drug-likeness (QED) is 0.481. The molecule has 38 heavy (non-hydrogen) atoms. The first kappa shape index (κ1) is 26.4. The zero-order valence-corrected chi connectivity index (χ0v) is 21.3. The van der Waals surface area contributed by atoms with Crippen LogP contribution in [0.3, 0.4) is 0 Å². The van der Waals surface area contributed by atoms with Gasteiger partial charge in [-0.25, -0.2) is 17.5 Å². The number of carbonyl (C=O) groups excluding carboxylic acids is 2. The number of benzene rings is 1. The van der Waals surface area contributed by atoms with E-state index >= 15 is 4.39 Å². The first-order valence-corrected chi connectivity index (χ1v) is 14.2. The molecule has 14 heteroatoms. The van der Waals surface area contributed by atoms with Gasteiger partial charge in [-0.3, -0.25) is 9.59 Å². The molecule has 1 aromatic carbocycles. The molecule has 0 radical (unpaired) electrons. The summed E-state index contributed by atoms with van der Waals surface area (Å²) in [6, 6.07) is 2.23. The van der Waals surface area contributed by atoms with Gasteiger partial charge in [0.25, 0.3) is 5.91 Å². The topological polar surface area (TPSA) is 119 Å². The van der Waals surface area contributed by atoms with Crippen molar-refractivity contribution in [1.29, 1.82) is 0 Å². The van der Waals surface area contributed by atoms with Crippen molar-refractivity contribution in [3.8, 4) is 5.75 Å². The summed E-state index contributed by atoms with van der Waals surface area (Å²) in [6.07, 6.45) is -0.0577. The molecule has 206 valence electrons. The van der Waals surface area contributed by atoms with Gasteiger partial charge in [-0.1, -0.05) is 12.8 Å². The molecule has 2 aliphatic carbocycles. The van der Waals surface area contributed by atoms with Crippen LogP contribution in [-0.4, -0.2) is 54.8 Å². The van der Waals surface area contributed by atoms with Crippen molar-refractivity contribution < 1.29 is 40.3 Å². The number of aromatic nitrogens is 2. The molecule has 1 atom stereocenters. The van der Waals surface area contributed by atoms with Crippen LogP contribution in [0.25, 0.3) is 0 Å². The van der Waals surface area contributed by atoms with E-state index < -0.39 is 51.5 Å². The number of alkyl halides is 3. The van der Waals surface area contributed by atoms with Gasteiger partial charge in [-0.15, -0.1) is 0 Å². The van der Waals surface area contributed by atoms with Crippen LogP contribution in [0, 0.1) is 11.7 Å². The van der Waals surface area contributed by atoms with E-state index in [1.54, 1.807) is 0 Å². The number of nitrogens with zero attached hydrogens (tertiary/aromatic N) is 2. The predicted molar refractivity (Wildman–Crippen MR) is 127 cm³/mol. The number of rotatable bonds is 8. The first-order chi connectivity index (χ1) is 17.7. The molecule has 1 spiro atoms. The van der Waals surface area contributed by atoms with Gasteiger partial charge in [0.05, 0.1) is 11.2 Å². The molecule has 1 fully saturated rings. The lowest BCUT2D eigenvalue weighted by Gasteiger charge is -2.35. The number of amides is 2. The average molecular weight is 559 g/mol. The Labute approximate surface area is 215 Å². The molecule has 1 saturated carbocycles. The van der Waals surface area contributed by atoms with E-state index in [0.717, 1.165) is 31.6 Å². The Kier molecular flexibility index (Phi) is 6.43. The standard InChI is InChI=1S/C24H26F4N4O5S/c1-38(35,36)11-18(33)29-21-19-17(31-32(21)7-5-13-2-3-13)10-23(30-22(19)34)6-4-14-8-15(9-16(25)20(14)23)37-12-24(26,27)28/h8-9,13H,2-7,10-12H2,1H3,(H,29,33)(H,30,34)/t23-/m0/s1. The number of ether oxygens (including phenoxy) is 1. The van der Waals surface area contributed by atoms with Crippen LogP contribution in [0.4, 0.5) is 23.4 Å². The molecule has 0 unspecified atom stereocenters. The molecule has 1 aliphatic heterocycles. The van der Waals surface area contributed by atoms with Crippen molar-refractivity contribution in [2.75, 3.05) is 23.9 Å². The number of hydrogen-bond acceptors (Lipinski definition) is 6. The van der Waals surface area contributed by atoms with Gasteiger partial charge in [0.2, 0.25) is 5.91 Å². The second-order valence-corrected chi connectivity index (χ2v) is 12.4. The van der Waals surface area contributed by atoms with E-state index in [1.165, 1.54) is 10.7 Å². The third kappa shape index (κ3) is 5.49. The summed E-state index contributed by atoms with van der Waals surface area (Å²) in [5, 5.41) is 9.95. The van der Waals surface area contributed by atoms with E-state index in [0.29, 0.717) is 30.1 Å². The smallest absolute Gasteiger partial charge is 0.422 e. The Balaban J connectivity index is 1.46. The van der Waals surface area contributed by atoms with Gasteiger partial charge in [0.15, 0.2) is 16.4 Å². The van der Waals surface area contributed by atoms with Crippen LogP contribution >= 0.6 is 0 Å². The van der Waals surface area contributed by atoms with Crippen LogP contribution in [-0.2, 0) is 39.6 Å². The average Bonchev–Trinajstić information content (AvgIpc) is 3.46. The number of nitrogens with one attached hydrogen (secondary N) is 2. The summed E-state index contributed by atoms with van der Waals surface area (Å²) in [5.41, 5.74) is -0.154. The number of hydrogen-bond donors (Lipinski definition) is 2. The van der Waals surface area contributed by atoms with Crippen molar-refractivity contribution in [1.82, 2.24) is 15.1 Å². The van der Waals surface area contributed by atoms with Crippen LogP contribution < -0.4 is 15.4 Å². The van der Waals surface area contributed by atoms with E-state index in [9.17, 15) is 31.2 Å². The highest BCUT2D eigenvalue weighted by Crippen LogP contribution is 2.46. The molecule has 9 nitrogen and oxygen atoms in total. The number of anilines is 1. The molecule has 0 saturated heterocycles. The Hall–Kier alpha value is -3.16. The fourth-order valence-corrected chi connectivity index (χ4v) is 5.83. The molecule has 2 aromatic rings.